The highest BCUT2D eigenvalue weighted by molar-refractivity contribution is 5.80. The lowest BCUT2D eigenvalue weighted by Gasteiger charge is -2.41. The van der Waals surface area contributed by atoms with E-state index in [2.05, 4.69) is 20.7 Å². The third-order valence-corrected chi connectivity index (χ3v) is 7.92. The van der Waals surface area contributed by atoms with Gasteiger partial charge in [0.25, 0.3) is 0 Å². The highest BCUT2D eigenvalue weighted by atomic mass is 19.4. The topological polar surface area (TPSA) is 114 Å². The summed E-state index contributed by atoms with van der Waals surface area (Å²) in [6.45, 7) is 3.12. The Bertz CT molecular complexity index is 1280. The van der Waals surface area contributed by atoms with Crippen molar-refractivity contribution in [1.82, 2.24) is 25.6 Å². The number of nitrogens with zero attached hydrogens (tertiary/aromatic N) is 5. The van der Waals surface area contributed by atoms with Crippen molar-refractivity contribution < 1.29 is 27.5 Å². The maximum atomic E-state index is 13.9. The van der Waals surface area contributed by atoms with Crippen molar-refractivity contribution in [3.05, 3.63) is 59.3 Å². The van der Waals surface area contributed by atoms with Crippen molar-refractivity contribution in [2.45, 2.75) is 37.6 Å². The smallest absolute Gasteiger partial charge is 0.379 e. The van der Waals surface area contributed by atoms with Crippen LogP contribution in [0.25, 0.3) is 0 Å². The average molecular weight is 572 g/mol. The van der Waals surface area contributed by atoms with E-state index in [9.17, 15) is 22.8 Å². The van der Waals surface area contributed by atoms with Crippen molar-refractivity contribution in [3.63, 3.8) is 0 Å². The fourth-order valence-corrected chi connectivity index (χ4v) is 5.81. The summed E-state index contributed by atoms with van der Waals surface area (Å²) < 4.78 is 47.5. The molecule has 13 heteroatoms. The molecule has 0 saturated carbocycles. The Morgan fingerprint density at radius 2 is 1.93 bits per heavy atom. The number of fused-ring (bicyclic) bond motifs is 1. The highest BCUT2D eigenvalue weighted by Crippen LogP contribution is 2.41. The van der Waals surface area contributed by atoms with E-state index in [4.69, 9.17) is 10.00 Å². The summed E-state index contributed by atoms with van der Waals surface area (Å²) in [5.74, 6) is -2.43. The Labute approximate surface area is 236 Å². The molecule has 41 heavy (non-hydrogen) atoms. The number of carbonyl (C=O) groups is 2. The van der Waals surface area contributed by atoms with Crippen LogP contribution in [-0.4, -0.2) is 84.8 Å². The van der Waals surface area contributed by atoms with E-state index < -0.39 is 30.1 Å². The van der Waals surface area contributed by atoms with E-state index in [0.29, 0.717) is 57.7 Å². The number of hydrazine groups is 1. The normalized spacial score (nSPS) is 23.2. The third kappa shape index (κ3) is 6.45. The second kappa shape index (κ2) is 12.4. The molecule has 2 amide bonds. The van der Waals surface area contributed by atoms with Crippen LogP contribution in [0.4, 0.5) is 19.0 Å². The lowest BCUT2D eigenvalue weighted by atomic mass is 9.94. The van der Waals surface area contributed by atoms with Gasteiger partial charge in [0.15, 0.2) is 5.92 Å². The minimum absolute atomic E-state index is 0.0289. The molecule has 3 unspecified atom stereocenters. The van der Waals surface area contributed by atoms with Crippen LogP contribution < -0.4 is 15.8 Å². The predicted molar refractivity (Wildman–Crippen MR) is 142 cm³/mol. The van der Waals surface area contributed by atoms with Crippen LogP contribution in [0.2, 0.25) is 0 Å². The Morgan fingerprint density at radius 3 is 2.63 bits per heavy atom. The number of ether oxygens (including phenoxy) is 1. The molecule has 2 aromatic rings. The van der Waals surface area contributed by atoms with Gasteiger partial charge in [-0.3, -0.25) is 19.9 Å². The Balaban J connectivity index is 1.11. The van der Waals surface area contributed by atoms with Gasteiger partial charge in [-0.25, -0.2) is 10.4 Å². The van der Waals surface area contributed by atoms with Gasteiger partial charge in [-0.1, -0.05) is 24.3 Å². The summed E-state index contributed by atoms with van der Waals surface area (Å²) in [6, 6.07) is 11.5. The lowest BCUT2D eigenvalue weighted by Crippen LogP contribution is -2.64. The molecule has 2 N–H and O–H groups in total. The minimum atomic E-state index is -4.68. The van der Waals surface area contributed by atoms with Crippen molar-refractivity contribution in [1.29, 1.82) is 5.26 Å². The third-order valence-electron chi connectivity index (χ3n) is 7.92. The fourth-order valence-electron chi connectivity index (χ4n) is 5.81. The number of nitriles is 1. The molecule has 1 aromatic heterocycles. The number of hydrogen-bond donors (Lipinski definition) is 2. The molecule has 2 saturated heterocycles. The molecular weight excluding hydrogens is 539 g/mol. The van der Waals surface area contributed by atoms with Crippen LogP contribution >= 0.6 is 0 Å². The molecule has 2 fully saturated rings. The zero-order chi connectivity index (χ0) is 29.0. The molecule has 3 aliphatic rings. The van der Waals surface area contributed by atoms with Crippen molar-refractivity contribution in [2.24, 2.45) is 5.92 Å². The molecule has 3 atom stereocenters. The summed E-state index contributed by atoms with van der Waals surface area (Å²) >= 11 is 0. The van der Waals surface area contributed by atoms with Crippen LogP contribution in [-0.2, 0) is 20.9 Å². The van der Waals surface area contributed by atoms with E-state index in [1.54, 1.807) is 17.0 Å². The molecule has 0 spiro atoms. The van der Waals surface area contributed by atoms with E-state index in [1.807, 2.05) is 35.2 Å². The van der Waals surface area contributed by atoms with Gasteiger partial charge < -0.3 is 14.5 Å². The van der Waals surface area contributed by atoms with Gasteiger partial charge in [-0.2, -0.15) is 18.4 Å². The summed E-state index contributed by atoms with van der Waals surface area (Å²) in [5, 5.41) is 8.93. The molecule has 0 bridgehead atoms. The van der Waals surface area contributed by atoms with Crippen LogP contribution in [0.5, 0.6) is 0 Å². The first kappa shape index (κ1) is 28.8. The van der Waals surface area contributed by atoms with Gasteiger partial charge in [0, 0.05) is 64.5 Å². The molecule has 5 rings (SSSR count). The number of aromatic nitrogens is 1. The zero-order valence-electron chi connectivity index (χ0n) is 22.4. The zero-order valence-corrected chi connectivity index (χ0v) is 22.4. The number of pyridine rings is 1. The Kier molecular flexibility index (Phi) is 8.72. The molecule has 4 heterocycles. The molecule has 1 aromatic carbocycles. The number of benzene rings is 1. The first-order chi connectivity index (χ1) is 19.8. The number of hydrogen-bond acceptors (Lipinski definition) is 8. The van der Waals surface area contributed by atoms with Gasteiger partial charge in [-0.05, 0) is 29.7 Å². The van der Waals surface area contributed by atoms with Gasteiger partial charge in [0.05, 0.1) is 18.2 Å². The highest BCUT2D eigenvalue weighted by Gasteiger charge is 2.54. The first-order valence-corrected chi connectivity index (χ1v) is 13.7. The molecule has 3 aliphatic heterocycles. The van der Waals surface area contributed by atoms with Gasteiger partial charge in [0.2, 0.25) is 11.8 Å². The summed E-state index contributed by atoms with van der Waals surface area (Å²) in [4.78, 5) is 34.9. The van der Waals surface area contributed by atoms with Crippen molar-refractivity contribution in [2.75, 3.05) is 50.8 Å². The summed E-state index contributed by atoms with van der Waals surface area (Å²) in [6.07, 6.45) is -2.35. The summed E-state index contributed by atoms with van der Waals surface area (Å²) in [5.41, 5.74) is 7.03. The van der Waals surface area contributed by atoms with Crippen LogP contribution in [0.1, 0.15) is 35.6 Å². The quantitative estimate of drug-likeness (QED) is 0.464. The van der Waals surface area contributed by atoms with E-state index in [1.165, 1.54) is 6.20 Å². The molecule has 0 aliphatic carbocycles. The van der Waals surface area contributed by atoms with E-state index in [-0.39, 0.29) is 19.1 Å². The number of alkyl halides is 3. The van der Waals surface area contributed by atoms with E-state index >= 15 is 0 Å². The first-order valence-electron chi connectivity index (χ1n) is 13.7. The van der Waals surface area contributed by atoms with Crippen molar-refractivity contribution in [3.8, 4) is 6.07 Å². The number of nitrogens with one attached hydrogen (secondary N) is 2. The van der Waals surface area contributed by atoms with Crippen LogP contribution in [0.3, 0.4) is 0 Å². The molecule has 0 radical (unpaired) electrons. The number of anilines is 1. The predicted octanol–water partition coefficient (Wildman–Crippen LogP) is 2.14. The molecule has 10 nitrogen and oxygen atoms in total. The fraction of sp³-hybridized carbons (Fsp3) is 0.500. The lowest BCUT2D eigenvalue weighted by molar-refractivity contribution is -0.203. The largest absolute Gasteiger partial charge is 0.402 e. The molecule has 218 valence electrons. The van der Waals surface area contributed by atoms with Crippen LogP contribution in [0, 0.1) is 17.2 Å². The standard InChI is InChI=1S/C28H32F3N7O3/c29-28(30,31)26-22(16-34-35-27(26)40)38-17-20-4-1-2-5-21(20)23(38)18-41-13-3-6-25(39)37-11-9-36(10-12-37)24-8-7-19(14-32)15-33-24/h1-2,4-5,7-8,15,22-23,26,34H,3,6,9-13,16-18H2,(H,35,40). The van der Waals surface area contributed by atoms with Gasteiger partial charge in [0.1, 0.15) is 11.9 Å². The monoisotopic (exact) mass is 571 g/mol. The van der Waals surface area contributed by atoms with Crippen LogP contribution in [0.15, 0.2) is 42.6 Å². The SMILES string of the molecule is N#Cc1ccc(N2CCN(C(=O)CCCOCC3c4ccccc4CN3C3CNNC(=O)C3C(F)(F)F)CC2)nc1. The Hall–Kier alpha value is -3.73. The maximum absolute atomic E-state index is 13.9. The number of halogens is 3. The number of carbonyl (C=O) groups excluding carboxylic acids is 2. The minimum Gasteiger partial charge on any atom is -0.379 e. The second-order valence-corrected chi connectivity index (χ2v) is 10.4. The van der Waals surface area contributed by atoms with Gasteiger partial charge >= 0.3 is 6.18 Å². The van der Waals surface area contributed by atoms with Gasteiger partial charge in [-0.15, -0.1) is 0 Å². The average Bonchev–Trinajstić information content (AvgIpc) is 3.34. The van der Waals surface area contributed by atoms with Crippen molar-refractivity contribution >= 4 is 17.6 Å². The number of amides is 2. The number of piperazine rings is 1. The number of rotatable bonds is 8. The maximum Gasteiger partial charge on any atom is 0.402 e. The summed E-state index contributed by atoms with van der Waals surface area (Å²) in [7, 11) is 0. The Morgan fingerprint density at radius 1 is 1.15 bits per heavy atom. The second-order valence-electron chi connectivity index (χ2n) is 10.4. The van der Waals surface area contributed by atoms with E-state index in [0.717, 1.165) is 16.9 Å². The molecular formula is C28H32F3N7O3.